The van der Waals surface area contributed by atoms with Crippen LogP contribution in [0.1, 0.15) is 27.8 Å². The molecule has 2 aliphatic rings. The van der Waals surface area contributed by atoms with Crippen LogP contribution >= 0.6 is 0 Å². The summed E-state index contributed by atoms with van der Waals surface area (Å²) in [7, 11) is 0. The van der Waals surface area contributed by atoms with Crippen LogP contribution in [0.4, 0.5) is 13.2 Å². The lowest BCUT2D eigenvalue weighted by molar-refractivity contribution is -0.274. The van der Waals surface area contributed by atoms with Gasteiger partial charge < -0.3 is 4.74 Å². The fraction of sp³-hybridized carbons (Fsp3) is 0.0556. The molecule has 6 rings (SSSR count). The number of nitriles is 2. The van der Waals surface area contributed by atoms with Gasteiger partial charge >= 0.3 is 6.36 Å². The van der Waals surface area contributed by atoms with E-state index in [1.807, 2.05) is 61.5 Å². The Morgan fingerprint density at radius 1 is 0.659 bits per heavy atom. The first kappa shape index (κ1) is 27.8. The van der Waals surface area contributed by atoms with Gasteiger partial charge in [-0.1, -0.05) is 78.4 Å². The first-order valence-corrected chi connectivity index (χ1v) is 13.2. The number of fused-ring (bicyclic) bond motifs is 4. The maximum Gasteiger partial charge on any atom is 0.573 e. The van der Waals surface area contributed by atoms with E-state index in [9.17, 15) is 23.7 Å². The van der Waals surface area contributed by atoms with Gasteiger partial charge in [0.05, 0.1) is 25.3 Å². The lowest BCUT2D eigenvalue weighted by Gasteiger charge is -2.18. The SMILES string of the molecule is [C-]#[N+]/C(C#N)=C1C2=C(/C(=C(\C#N)[N+]#[C-])c3cccc(-c4ccc(OC(F)(F)F)cc4)c32)c2c\1cccc2-c1ccc(C)cc1. The van der Waals surface area contributed by atoms with Gasteiger partial charge in [0.15, 0.2) is 0 Å². The van der Waals surface area contributed by atoms with Crippen molar-refractivity contribution in [3.63, 3.8) is 0 Å². The normalized spacial score (nSPS) is 15.2. The number of hydrogen-bond acceptors (Lipinski definition) is 3. The third-order valence-corrected chi connectivity index (χ3v) is 7.59. The lowest BCUT2D eigenvalue weighted by Crippen LogP contribution is -2.16. The molecule has 0 saturated carbocycles. The third-order valence-electron chi connectivity index (χ3n) is 7.59. The van der Waals surface area contributed by atoms with Crippen LogP contribution in [0.2, 0.25) is 0 Å². The van der Waals surface area contributed by atoms with Crippen molar-refractivity contribution >= 4 is 22.3 Å². The van der Waals surface area contributed by atoms with E-state index in [2.05, 4.69) is 14.4 Å². The van der Waals surface area contributed by atoms with Gasteiger partial charge in [-0.15, -0.1) is 13.2 Å². The predicted molar refractivity (Wildman–Crippen MR) is 160 cm³/mol. The van der Waals surface area contributed by atoms with Crippen molar-refractivity contribution in [2.24, 2.45) is 0 Å². The molecule has 0 aromatic heterocycles. The highest BCUT2D eigenvalue weighted by atomic mass is 19.4. The quantitative estimate of drug-likeness (QED) is 0.180. The topological polar surface area (TPSA) is 65.5 Å². The van der Waals surface area contributed by atoms with Crippen molar-refractivity contribution in [3.05, 3.63) is 147 Å². The Hall–Kier alpha value is -6.35. The zero-order chi connectivity index (χ0) is 31.2. The van der Waals surface area contributed by atoms with Crippen LogP contribution in [0.15, 0.2) is 96.3 Å². The standard InChI is InChI=1S/C36H17F3N4O/c1-20-10-12-21(13-11-20)24-6-4-8-26-30(24)34-33(29(19-41)43-3)27-9-5-7-25(31(27)35(34)32(26)28(18-40)42-2)22-14-16-23(17-15-22)44-36(37,38)39/h4-17H,1H3/b32-28-,33-29+. The van der Waals surface area contributed by atoms with Crippen molar-refractivity contribution in [2.45, 2.75) is 13.3 Å². The highest BCUT2D eigenvalue weighted by molar-refractivity contribution is 6.39. The molecule has 5 nitrogen and oxygen atoms in total. The van der Waals surface area contributed by atoms with Crippen molar-refractivity contribution in [2.75, 3.05) is 0 Å². The monoisotopic (exact) mass is 578 g/mol. The summed E-state index contributed by atoms with van der Waals surface area (Å²) in [5, 5.41) is 20.2. The van der Waals surface area contributed by atoms with Gasteiger partial charge in [0.2, 0.25) is 0 Å². The fourth-order valence-corrected chi connectivity index (χ4v) is 5.90. The van der Waals surface area contributed by atoms with Crippen LogP contribution in [0.5, 0.6) is 5.75 Å². The molecule has 0 heterocycles. The molecule has 0 spiro atoms. The molecule has 44 heavy (non-hydrogen) atoms. The van der Waals surface area contributed by atoms with Crippen LogP contribution < -0.4 is 4.74 Å². The fourth-order valence-electron chi connectivity index (χ4n) is 5.90. The summed E-state index contributed by atoms with van der Waals surface area (Å²) >= 11 is 0. The van der Waals surface area contributed by atoms with Crippen molar-refractivity contribution in [1.82, 2.24) is 0 Å². The smallest absolute Gasteiger partial charge is 0.406 e. The highest BCUT2D eigenvalue weighted by Gasteiger charge is 2.42. The molecule has 208 valence electrons. The Kier molecular flexibility index (Phi) is 6.63. The van der Waals surface area contributed by atoms with Gasteiger partial charge in [-0.25, -0.2) is 20.2 Å². The molecule has 0 unspecified atom stereocenters. The van der Waals surface area contributed by atoms with Gasteiger partial charge in [-0.2, -0.15) is 0 Å². The van der Waals surface area contributed by atoms with Gasteiger partial charge in [-0.05, 0) is 74.7 Å². The minimum absolute atomic E-state index is 0.158. The van der Waals surface area contributed by atoms with Crippen molar-refractivity contribution < 1.29 is 17.9 Å². The summed E-state index contributed by atoms with van der Waals surface area (Å²) in [6.07, 6.45) is -4.85. The number of halogens is 3. The molecular formula is C36H17F3N4O. The van der Waals surface area contributed by atoms with E-state index in [1.54, 1.807) is 18.2 Å². The zero-order valence-electron chi connectivity index (χ0n) is 22.9. The van der Waals surface area contributed by atoms with E-state index in [0.717, 1.165) is 16.7 Å². The van der Waals surface area contributed by atoms with E-state index in [4.69, 9.17) is 13.1 Å². The summed E-state index contributed by atoms with van der Waals surface area (Å²) in [6, 6.07) is 28.2. The summed E-state index contributed by atoms with van der Waals surface area (Å²) < 4.78 is 42.5. The van der Waals surface area contributed by atoms with Crippen LogP contribution in [0.25, 0.3) is 54.2 Å². The number of nitrogens with zero attached hydrogens (tertiary/aromatic N) is 4. The van der Waals surface area contributed by atoms with E-state index in [0.29, 0.717) is 55.7 Å². The maximum atomic E-state index is 12.8. The van der Waals surface area contributed by atoms with Gasteiger partial charge in [0.25, 0.3) is 11.4 Å². The number of allylic oxidation sites excluding steroid dienone is 6. The number of benzene rings is 4. The molecule has 0 saturated heterocycles. The summed E-state index contributed by atoms with van der Waals surface area (Å²) in [6.45, 7) is 17.7. The van der Waals surface area contributed by atoms with Gasteiger partial charge in [-0.3, -0.25) is 0 Å². The van der Waals surface area contributed by atoms with Gasteiger partial charge in [0, 0.05) is 11.1 Å². The number of hydrogen-bond donors (Lipinski definition) is 0. The Bertz CT molecular complexity index is 2130. The molecule has 4 aromatic carbocycles. The molecule has 0 radical (unpaired) electrons. The van der Waals surface area contributed by atoms with Crippen molar-refractivity contribution in [3.8, 4) is 40.1 Å². The van der Waals surface area contributed by atoms with Crippen LogP contribution in [-0.2, 0) is 0 Å². The number of alkyl halides is 3. The van der Waals surface area contributed by atoms with Crippen LogP contribution in [-0.4, -0.2) is 6.36 Å². The zero-order valence-corrected chi connectivity index (χ0v) is 22.9. The summed E-state index contributed by atoms with van der Waals surface area (Å²) in [4.78, 5) is 7.13. The molecule has 0 amide bonds. The second kappa shape index (κ2) is 10.5. The number of ether oxygens (including phenoxy) is 1. The Balaban J connectivity index is 1.72. The molecule has 4 aromatic rings. The second-order valence-electron chi connectivity index (χ2n) is 10.0. The largest absolute Gasteiger partial charge is 0.573 e. The molecule has 2 aliphatic carbocycles. The third kappa shape index (κ3) is 4.40. The lowest BCUT2D eigenvalue weighted by atomic mass is 9.85. The van der Waals surface area contributed by atoms with Crippen molar-refractivity contribution in [1.29, 1.82) is 10.5 Å². The maximum absolute atomic E-state index is 12.8. The summed E-state index contributed by atoms with van der Waals surface area (Å²) in [5.41, 5.74) is 7.86. The Morgan fingerprint density at radius 3 is 1.45 bits per heavy atom. The van der Waals surface area contributed by atoms with Gasteiger partial charge in [0.1, 0.15) is 5.75 Å². The van der Waals surface area contributed by atoms with Crippen LogP contribution in [0, 0.1) is 42.7 Å². The van der Waals surface area contributed by atoms with E-state index < -0.39 is 6.36 Å². The van der Waals surface area contributed by atoms with E-state index in [1.165, 1.54) is 24.3 Å². The number of rotatable bonds is 3. The van der Waals surface area contributed by atoms with E-state index in [-0.39, 0.29) is 17.1 Å². The molecular weight excluding hydrogens is 561 g/mol. The Labute approximate surface area is 251 Å². The average Bonchev–Trinajstić information content (AvgIpc) is 3.52. The molecule has 0 aliphatic heterocycles. The minimum Gasteiger partial charge on any atom is -0.406 e. The minimum atomic E-state index is -4.85. The first-order valence-electron chi connectivity index (χ1n) is 13.2. The molecule has 8 heteroatoms. The number of aryl methyl sites for hydroxylation is 1. The molecule has 0 atom stereocenters. The summed E-state index contributed by atoms with van der Waals surface area (Å²) in [5.74, 6) is -0.384. The molecule has 0 N–H and O–H groups in total. The van der Waals surface area contributed by atoms with Crippen LogP contribution in [0.3, 0.4) is 0 Å². The Morgan fingerprint density at radius 2 is 1.07 bits per heavy atom. The highest BCUT2D eigenvalue weighted by Crippen LogP contribution is 2.62. The first-order chi connectivity index (χ1) is 21.2. The molecule has 0 fully saturated rings. The van der Waals surface area contributed by atoms with E-state index >= 15 is 0 Å². The predicted octanol–water partition coefficient (Wildman–Crippen LogP) is 9.47. The average molecular weight is 579 g/mol. The second-order valence-corrected chi connectivity index (χ2v) is 10.0. The molecule has 0 bridgehead atoms.